The average molecular weight is 357 g/mol. The van der Waals surface area contributed by atoms with Crippen molar-refractivity contribution in [1.29, 1.82) is 0 Å². The minimum Gasteiger partial charge on any atom is -0.481 e. The number of β-amino-alcohol motifs (C(OH)–C–C–N with tert-alkyl or cyclic N) is 1. The molecule has 0 aromatic heterocycles. The van der Waals surface area contributed by atoms with Gasteiger partial charge in [-0.1, -0.05) is 32.9 Å². The number of hydrogen-bond acceptors (Lipinski definition) is 4. The molecule has 136 valence electrons. The highest BCUT2D eigenvalue weighted by atomic mass is 35.5. The lowest BCUT2D eigenvalue weighted by molar-refractivity contribution is -0.127. The Morgan fingerprint density at radius 3 is 2.46 bits per heavy atom. The van der Waals surface area contributed by atoms with Crippen LogP contribution in [-0.2, 0) is 10.2 Å². The number of carbonyl (C=O) groups excluding carboxylic acids is 1. The van der Waals surface area contributed by atoms with Gasteiger partial charge in [0, 0.05) is 25.6 Å². The van der Waals surface area contributed by atoms with Gasteiger partial charge in [0.25, 0.3) is 5.91 Å². The maximum Gasteiger partial charge on any atom is 0.260 e. The largest absolute Gasteiger partial charge is 0.481 e. The second-order valence-electron chi connectivity index (χ2n) is 7.27. The van der Waals surface area contributed by atoms with Crippen LogP contribution in [0.1, 0.15) is 33.3 Å². The van der Waals surface area contributed by atoms with Crippen molar-refractivity contribution in [3.63, 3.8) is 0 Å². The summed E-state index contributed by atoms with van der Waals surface area (Å²) in [6.45, 7) is 9.99. The number of halogens is 1. The number of aliphatic hydroxyl groups excluding tert-OH is 1. The number of amides is 1. The van der Waals surface area contributed by atoms with Gasteiger partial charge in [0.2, 0.25) is 0 Å². The van der Waals surface area contributed by atoms with E-state index in [2.05, 4.69) is 31.4 Å². The van der Waals surface area contributed by atoms with E-state index in [9.17, 15) is 9.90 Å². The molecular formula is C18H29ClN2O3. The minimum absolute atomic E-state index is 0. The maximum atomic E-state index is 12.1. The molecule has 1 aromatic carbocycles. The van der Waals surface area contributed by atoms with E-state index < -0.39 is 12.2 Å². The number of rotatable bonds is 5. The Bertz CT molecular complexity index is 528. The van der Waals surface area contributed by atoms with E-state index in [4.69, 9.17) is 4.74 Å². The molecule has 1 amide bonds. The molecule has 3 unspecified atom stereocenters. The molecule has 3 atom stereocenters. The third-order valence-corrected chi connectivity index (χ3v) is 4.25. The molecule has 5 nitrogen and oxygen atoms in total. The summed E-state index contributed by atoms with van der Waals surface area (Å²) in [4.78, 5) is 12.1. The Kier molecular flexibility index (Phi) is 7.52. The summed E-state index contributed by atoms with van der Waals surface area (Å²) >= 11 is 0. The molecule has 1 heterocycles. The average Bonchev–Trinajstić information content (AvgIpc) is 2.89. The molecule has 0 radical (unpaired) electrons. The molecule has 24 heavy (non-hydrogen) atoms. The first-order valence-electron chi connectivity index (χ1n) is 8.21. The fourth-order valence-electron chi connectivity index (χ4n) is 2.59. The van der Waals surface area contributed by atoms with Crippen molar-refractivity contribution in [2.45, 2.75) is 45.3 Å². The standard InChI is InChI=1S/C18H28N2O3.ClH/c1-12(17(22)20-10-13-9-19-11-16(13)21)23-15-7-5-14(6-8-15)18(2,3)4;/h5-8,12-13,16,19,21H,9-11H2,1-4H3,(H,20,22);1H. The number of carbonyl (C=O) groups is 1. The number of aliphatic hydroxyl groups is 1. The van der Waals surface area contributed by atoms with Gasteiger partial charge in [-0.25, -0.2) is 0 Å². The normalized spacial score (nSPS) is 21.7. The Morgan fingerprint density at radius 2 is 1.96 bits per heavy atom. The van der Waals surface area contributed by atoms with E-state index in [0.29, 0.717) is 18.8 Å². The summed E-state index contributed by atoms with van der Waals surface area (Å²) in [5.74, 6) is 0.587. The predicted molar refractivity (Wildman–Crippen MR) is 97.9 cm³/mol. The van der Waals surface area contributed by atoms with Crippen LogP contribution in [0.2, 0.25) is 0 Å². The second kappa shape index (κ2) is 8.70. The fraction of sp³-hybridized carbons (Fsp3) is 0.611. The maximum absolute atomic E-state index is 12.1. The lowest BCUT2D eigenvalue weighted by atomic mass is 9.87. The molecule has 0 saturated carbocycles. The van der Waals surface area contributed by atoms with Gasteiger partial charge in [0.1, 0.15) is 5.75 Å². The topological polar surface area (TPSA) is 70.6 Å². The second-order valence-corrected chi connectivity index (χ2v) is 7.27. The third kappa shape index (κ3) is 5.65. The quantitative estimate of drug-likeness (QED) is 0.753. The zero-order valence-electron chi connectivity index (χ0n) is 14.8. The Balaban J connectivity index is 0.00000288. The van der Waals surface area contributed by atoms with Gasteiger partial charge in [0.05, 0.1) is 6.10 Å². The summed E-state index contributed by atoms with van der Waals surface area (Å²) in [5.41, 5.74) is 1.32. The lowest BCUT2D eigenvalue weighted by Gasteiger charge is -2.20. The number of ether oxygens (including phenoxy) is 1. The minimum atomic E-state index is -0.568. The van der Waals surface area contributed by atoms with Crippen molar-refractivity contribution in [3.05, 3.63) is 29.8 Å². The van der Waals surface area contributed by atoms with Crippen molar-refractivity contribution >= 4 is 18.3 Å². The van der Waals surface area contributed by atoms with Gasteiger partial charge in [-0.2, -0.15) is 0 Å². The highest BCUT2D eigenvalue weighted by Gasteiger charge is 2.26. The smallest absolute Gasteiger partial charge is 0.260 e. The van der Waals surface area contributed by atoms with Gasteiger partial charge in [-0.3, -0.25) is 4.79 Å². The molecule has 1 fully saturated rings. The summed E-state index contributed by atoms with van der Waals surface area (Å²) in [7, 11) is 0. The van der Waals surface area contributed by atoms with Crippen LogP contribution in [0.5, 0.6) is 5.75 Å². The number of benzene rings is 1. The van der Waals surface area contributed by atoms with Crippen LogP contribution < -0.4 is 15.4 Å². The first kappa shape index (κ1) is 20.7. The van der Waals surface area contributed by atoms with E-state index in [0.717, 1.165) is 6.54 Å². The zero-order valence-corrected chi connectivity index (χ0v) is 15.7. The van der Waals surface area contributed by atoms with Gasteiger partial charge < -0.3 is 20.5 Å². The first-order chi connectivity index (χ1) is 10.8. The summed E-state index contributed by atoms with van der Waals surface area (Å²) in [6, 6.07) is 7.85. The SMILES string of the molecule is CC(Oc1ccc(C(C)(C)C)cc1)C(=O)NCC1CNCC1O.Cl. The van der Waals surface area contributed by atoms with E-state index >= 15 is 0 Å². The van der Waals surface area contributed by atoms with E-state index in [-0.39, 0.29) is 29.6 Å². The molecule has 0 spiro atoms. The molecule has 1 aliphatic heterocycles. The van der Waals surface area contributed by atoms with Crippen LogP contribution in [0.4, 0.5) is 0 Å². The highest BCUT2D eigenvalue weighted by molar-refractivity contribution is 5.85. The molecule has 0 aliphatic carbocycles. The van der Waals surface area contributed by atoms with Crippen LogP contribution in [-0.4, -0.2) is 42.9 Å². The van der Waals surface area contributed by atoms with Crippen LogP contribution in [0.3, 0.4) is 0 Å². The monoisotopic (exact) mass is 356 g/mol. The van der Waals surface area contributed by atoms with Crippen LogP contribution in [0, 0.1) is 5.92 Å². The van der Waals surface area contributed by atoms with Gasteiger partial charge >= 0.3 is 0 Å². The van der Waals surface area contributed by atoms with E-state index in [1.54, 1.807) is 6.92 Å². The molecular weight excluding hydrogens is 328 g/mol. The Hall–Kier alpha value is -1.30. The van der Waals surface area contributed by atoms with Crippen LogP contribution >= 0.6 is 12.4 Å². The van der Waals surface area contributed by atoms with Gasteiger partial charge in [-0.05, 0) is 30.0 Å². The first-order valence-corrected chi connectivity index (χ1v) is 8.21. The van der Waals surface area contributed by atoms with Crippen molar-refractivity contribution < 1.29 is 14.6 Å². The summed E-state index contributed by atoms with van der Waals surface area (Å²) < 4.78 is 5.70. The summed E-state index contributed by atoms with van der Waals surface area (Å²) in [5, 5.41) is 15.7. The fourth-order valence-corrected chi connectivity index (χ4v) is 2.59. The van der Waals surface area contributed by atoms with E-state index in [1.165, 1.54) is 5.56 Å². The van der Waals surface area contributed by atoms with Crippen LogP contribution in [0.15, 0.2) is 24.3 Å². The third-order valence-electron chi connectivity index (χ3n) is 4.25. The molecule has 2 rings (SSSR count). The molecule has 3 N–H and O–H groups in total. The number of hydrogen-bond donors (Lipinski definition) is 3. The van der Waals surface area contributed by atoms with Gasteiger partial charge in [0.15, 0.2) is 6.10 Å². The summed E-state index contributed by atoms with van der Waals surface area (Å²) in [6.07, 6.45) is -0.960. The van der Waals surface area contributed by atoms with Crippen molar-refractivity contribution in [1.82, 2.24) is 10.6 Å². The highest BCUT2D eigenvalue weighted by Crippen LogP contribution is 2.24. The molecule has 1 aromatic rings. The van der Waals surface area contributed by atoms with Gasteiger partial charge in [-0.15, -0.1) is 12.4 Å². The molecule has 1 saturated heterocycles. The molecule has 6 heteroatoms. The van der Waals surface area contributed by atoms with Crippen molar-refractivity contribution in [2.24, 2.45) is 5.92 Å². The zero-order chi connectivity index (χ0) is 17.0. The van der Waals surface area contributed by atoms with E-state index in [1.807, 2.05) is 24.3 Å². The number of nitrogens with one attached hydrogen (secondary N) is 2. The molecule has 1 aliphatic rings. The predicted octanol–water partition coefficient (Wildman–Crippen LogP) is 1.87. The molecule has 0 bridgehead atoms. The lowest BCUT2D eigenvalue weighted by Crippen LogP contribution is -2.41. The van der Waals surface area contributed by atoms with Crippen molar-refractivity contribution in [3.8, 4) is 5.75 Å². The van der Waals surface area contributed by atoms with Crippen LogP contribution in [0.25, 0.3) is 0 Å². The Morgan fingerprint density at radius 1 is 1.33 bits per heavy atom. The Labute approximate surface area is 150 Å². The van der Waals surface area contributed by atoms with Crippen molar-refractivity contribution in [2.75, 3.05) is 19.6 Å².